The second-order valence-electron chi connectivity index (χ2n) is 26.2. The maximum atomic E-state index is 12.8. The van der Waals surface area contributed by atoms with Crippen LogP contribution in [0.5, 0.6) is 0 Å². The first kappa shape index (κ1) is 70.0. The van der Waals surface area contributed by atoms with Gasteiger partial charge in [0.1, 0.15) is 11.6 Å². The normalized spacial score (nSPS) is 16.6. The van der Waals surface area contributed by atoms with Crippen molar-refractivity contribution in [1.82, 2.24) is 5.32 Å². The number of aryl methyl sites for hydroxylation is 1. The smallest absolute Gasteiger partial charge is 0.346 e. The summed E-state index contributed by atoms with van der Waals surface area (Å²) >= 11 is 0. The van der Waals surface area contributed by atoms with E-state index >= 15 is 0 Å². The summed E-state index contributed by atoms with van der Waals surface area (Å²) in [6.07, 6.45) is -6.34. The number of ketones is 5. The van der Waals surface area contributed by atoms with Crippen molar-refractivity contribution >= 4 is 40.5 Å². The average molecular weight is 1170 g/mol. The van der Waals surface area contributed by atoms with Crippen LogP contribution in [0.1, 0.15) is 188 Å². The number of hydrogen-bond donors (Lipinski definition) is 1. The second-order valence-corrected chi connectivity index (χ2v) is 26.2. The minimum Gasteiger partial charge on any atom is -0.346 e. The van der Waals surface area contributed by atoms with E-state index in [0.717, 1.165) is 12.0 Å². The molecule has 0 aliphatic carbocycles. The van der Waals surface area contributed by atoms with Crippen LogP contribution in [0, 0.1) is 27.1 Å². The van der Waals surface area contributed by atoms with Crippen molar-refractivity contribution in [2.75, 3.05) is 0 Å². The molecule has 1 atom stereocenters. The number of carbonyl (C=O) groups excluding carboxylic acids is 6. The van der Waals surface area contributed by atoms with Crippen molar-refractivity contribution < 1.29 is 55.1 Å². The molecule has 83 heavy (non-hydrogen) atoms. The highest BCUT2D eigenvalue weighted by molar-refractivity contribution is 6.00. The van der Waals surface area contributed by atoms with Gasteiger partial charge in [0, 0.05) is 92.5 Å². The molecule has 1 unspecified atom stereocenters. The molecule has 7 rings (SSSR count). The van der Waals surface area contributed by atoms with Gasteiger partial charge in [-0.1, -0.05) is 182 Å². The molecule has 452 valence electrons. The van der Waals surface area contributed by atoms with Gasteiger partial charge in [0.2, 0.25) is 5.91 Å². The predicted octanol–water partition coefficient (Wildman–Crippen LogP) is 16.6. The second kappa shape index (κ2) is 25.7. The number of hydrogen-bond acceptors (Lipinski definition) is 15. The number of amides is 1. The zero-order valence-corrected chi connectivity index (χ0v) is 50.7. The third-order valence-corrected chi connectivity index (χ3v) is 13.0. The molecule has 0 radical (unpaired) electrons. The zero-order chi connectivity index (χ0) is 63.8. The Hall–Kier alpha value is -7.23. The van der Waals surface area contributed by atoms with Gasteiger partial charge in [-0.2, -0.15) is 46.8 Å². The lowest BCUT2D eigenvalue weighted by atomic mass is 9.84. The number of halogens is 6. The summed E-state index contributed by atoms with van der Waals surface area (Å²) in [5.74, 6) is 0.194. The van der Waals surface area contributed by atoms with Gasteiger partial charge >= 0.3 is 23.7 Å². The van der Waals surface area contributed by atoms with Crippen molar-refractivity contribution in [1.29, 1.82) is 0 Å². The summed E-state index contributed by atoms with van der Waals surface area (Å²) in [5.41, 5.74) is 3.00. The van der Waals surface area contributed by atoms with Crippen LogP contribution in [0.3, 0.4) is 0 Å². The first-order valence-corrected chi connectivity index (χ1v) is 26.8. The molecule has 18 nitrogen and oxygen atoms in total. The van der Waals surface area contributed by atoms with Gasteiger partial charge in [-0.05, 0) is 31.4 Å². The van der Waals surface area contributed by atoms with Gasteiger partial charge in [-0.15, -0.1) is 20.5 Å². The van der Waals surface area contributed by atoms with Crippen LogP contribution in [0.4, 0.5) is 32.0 Å². The van der Waals surface area contributed by atoms with E-state index in [0.29, 0.717) is 48.3 Å². The number of Topliss-reactive ketones (excluding diaryl/α,β-unsaturated/α-hetero) is 5. The summed E-state index contributed by atoms with van der Waals surface area (Å²) in [7, 11) is 0. The van der Waals surface area contributed by atoms with Crippen LogP contribution in [0.15, 0.2) is 119 Å². The van der Waals surface area contributed by atoms with Gasteiger partial charge in [0.25, 0.3) is 0 Å². The van der Waals surface area contributed by atoms with E-state index in [4.69, 9.17) is 5.53 Å². The van der Waals surface area contributed by atoms with Crippen molar-refractivity contribution in [2.24, 2.45) is 73.1 Å². The number of alkyl halides is 6. The van der Waals surface area contributed by atoms with Crippen LogP contribution in [-0.4, -0.2) is 64.5 Å². The van der Waals surface area contributed by atoms with E-state index in [1.807, 2.05) is 96.9 Å². The fraction of sp³-hybridized carbons (Fsp3) is 0.593. The largest absolute Gasteiger partial charge is 0.442 e. The predicted molar refractivity (Wildman–Crippen MR) is 301 cm³/mol. The lowest BCUT2D eigenvalue weighted by Gasteiger charge is -2.25. The van der Waals surface area contributed by atoms with Crippen LogP contribution in [0.25, 0.3) is 10.4 Å². The molecule has 0 saturated heterocycles. The van der Waals surface area contributed by atoms with Gasteiger partial charge in [-0.3, -0.25) is 28.8 Å². The highest BCUT2D eigenvalue weighted by Gasteiger charge is 2.66. The van der Waals surface area contributed by atoms with E-state index in [1.54, 1.807) is 57.2 Å². The topological polar surface area (TPSA) is 262 Å². The minimum atomic E-state index is -4.54. The molecule has 0 fully saturated rings. The number of azide groups is 1. The molecule has 3 aromatic carbocycles. The summed E-state index contributed by atoms with van der Waals surface area (Å²) < 4.78 is 76.8. The van der Waals surface area contributed by atoms with E-state index < -0.39 is 51.6 Å². The molecular weight excluding hydrogens is 1090 g/mol. The maximum absolute atomic E-state index is 12.8. The van der Waals surface area contributed by atoms with Gasteiger partial charge < -0.3 is 5.32 Å². The molecule has 24 heteroatoms. The van der Waals surface area contributed by atoms with E-state index in [9.17, 15) is 55.1 Å². The quantitative estimate of drug-likeness (QED) is 0.0508. The number of benzene rings is 3. The highest BCUT2D eigenvalue weighted by atomic mass is 19.4. The molecule has 3 aromatic rings. The molecule has 0 aromatic heterocycles. The molecule has 1 N–H and O–H groups in total. The fourth-order valence-corrected chi connectivity index (χ4v) is 7.31. The Labute approximate surface area is 481 Å². The Balaban J connectivity index is 0.000000275. The Morgan fingerprint density at radius 1 is 0.518 bits per heavy atom. The van der Waals surface area contributed by atoms with Crippen LogP contribution in [-0.2, 0) is 36.9 Å². The molecule has 4 aliphatic heterocycles. The average Bonchev–Trinajstić information content (AvgIpc) is 4.36. The molecule has 0 spiro atoms. The Morgan fingerprint density at radius 3 is 1.18 bits per heavy atom. The van der Waals surface area contributed by atoms with Gasteiger partial charge in [-0.25, -0.2) is 0 Å². The van der Waals surface area contributed by atoms with Crippen LogP contribution >= 0.6 is 0 Å². The summed E-state index contributed by atoms with van der Waals surface area (Å²) in [5, 5.41) is 34.1. The Morgan fingerprint density at radius 2 is 0.880 bits per heavy atom. The number of nitrogens with one attached hydrogen (secondary N) is 1. The molecular formula is C59H78F6N12O6. The minimum absolute atomic E-state index is 0.0147. The third-order valence-electron chi connectivity index (χ3n) is 13.0. The lowest BCUT2D eigenvalue weighted by Crippen LogP contribution is -2.46. The first-order chi connectivity index (χ1) is 37.6. The van der Waals surface area contributed by atoms with E-state index in [-0.39, 0.29) is 56.7 Å². The Kier molecular flexibility index (Phi) is 21.7. The van der Waals surface area contributed by atoms with Crippen molar-refractivity contribution in [3.05, 3.63) is 111 Å². The monoisotopic (exact) mass is 1160 g/mol. The number of rotatable bonds is 15. The fourth-order valence-electron chi connectivity index (χ4n) is 7.31. The Bertz CT molecular complexity index is 2990. The number of nitrogens with zero attached hydrogens (tertiary/aromatic N) is 11. The van der Waals surface area contributed by atoms with Gasteiger partial charge in [0.15, 0.2) is 28.7 Å². The maximum Gasteiger partial charge on any atom is 0.442 e. The summed E-state index contributed by atoms with van der Waals surface area (Å²) in [6.45, 7) is 33.0. The molecule has 4 heterocycles. The number of carbonyl (C=O) groups is 6. The molecule has 0 saturated carbocycles. The first-order valence-electron chi connectivity index (χ1n) is 26.8. The van der Waals surface area contributed by atoms with E-state index in [2.05, 4.69) is 56.3 Å². The highest BCUT2D eigenvalue weighted by Crippen LogP contribution is 2.53. The molecule has 0 bridgehead atoms. The van der Waals surface area contributed by atoms with Crippen LogP contribution in [0.2, 0.25) is 0 Å². The van der Waals surface area contributed by atoms with Gasteiger partial charge in [0.05, 0.1) is 6.04 Å². The molecule has 1 amide bonds. The van der Waals surface area contributed by atoms with E-state index in [1.165, 1.54) is 43.3 Å². The van der Waals surface area contributed by atoms with Crippen molar-refractivity contribution in [3.63, 3.8) is 0 Å². The SMILES string of the molecule is CC(=O)NC(CC1(C)N=N1)C(=O)C(C)(C)C.CC(C)(C)C(=O)CCc1ccc(C2(C(F)(F)F)N=N2)cc1.CC(C)(C)C(=O)c1ccc(C2(C(F)(F)F)N=N2)cc1.CC(C)(C)C(=O)c1ccc(N=[N+]=[N-])cc1.CC1(CCC(=O)C(C)(C)C)N=N1. The lowest BCUT2D eigenvalue weighted by molar-refractivity contribution is -0.166. The zero-order valence-electron chi connectivity index (χ0n) is 50.7. The standard InChI is InChI=1S/C15H17F3N2O.C13H13F3N2O.C11H19N3O2.C11H13N3O.C9H16N2O/c1-13(2,3)12(21)9-6-10-4-7-11(8-5-10)14(19-20-14)15(16,17)18;1-11(2,3)10(19)8-4-6-9(7-5-8)12(17-18-12)13(14,15)16;1-7(15)12-8(6-11(5)13-14-11)9(16)10(2,3)4;1-11(2,3)10(15)8-4-6-9(7-5-8)13-14-12;1-8(2,3)7(12)5-6-9(4)10-11-9/h4-5,7-8H,6,9H2,1-3H3;4-7H,1-3H3;8H,6H2,1-5H3,(H,12,15);4-7H,1-3H3;5-6H2,1-4H3. The summed E-state index contributed by atoms with van der Waals surface area (Å²) in [4.78, 5) is 72.9. The third kappa shape index (κ3) is 20.9. The summed E-state index contributed by atoms with van der Waals surface area (Å²) in [6, 6.07) is 17.4. The van der Waals surface area contributed by atoms with Crippen molar-refractivity contribution in [3.8, 4) is 0 Å². The molecule has 4 aliphatic rings. The van der Waals surface area contributed by atoms with Crippen LogP contribution < -0.4 is 5.32 Å². The van der Waals surface area contributed by atoms with Crippen molar-refractivity contribution in [2.45, 2.75) is 198 Å².